The van der Waals surface area contributed by atoms with E-state index in [9.17, 15) is 9.59 Å². The molecule has 1 heterocycles. The third kappa shape index (κ3) is 5.19. The van der Waals surface area contributed by atoms with Gasteiger partial charge < -0.3 is 21.3 Å². The summed E-state index contributed by atoms with van der Waals surface area (Å²) in [6.45, 7) is 4.65. The number of piperidine rings is 1. The van der Waals surface area contributed by atoms with Gasteiger partial charge in [-0.1, -0.05) is 13.3 Å². The van der Waals surface area contributed by atoms with Crippen molar-refractivity contribution in [2.75, 3.05) is 19.6 Å². The van der Waals surface area contributed by atoms with Gasteiger partial charge in [-0.15, -0.1) is 0 Å². The molecule has 1 saturated carbocycles. The van der Waals surface area contributed by atoms with Crippen LogP contribution in [0.1, 0.15) is 45.4 Å². The van der Waals surface area contributed by atoms with Crippen LogP contribution in [0.3, 0.4) is 0 Å². The lowest BCUT2D eigenvalue weighted by Crippen LogP contribution is -2.53. The van der Waals surface area contributed by atoms with Crippen molar-refractivity contribution in [3.63, 3.8) is 0 Å². The first-order chi connectivity index (χ1) is 10.1. The second kappa shape index (κ2) is 7.64. The van der Waals surface area contributed by atoms with Crippen molar-refractivity contribution in [1.82, 2.24) is 15.5 Å². The van der Waals surface area contributed by atoms with Crippen LogP contribution < -0.4 is 16.4 Å². The maximum Gasteiger partial charge on any atom is 0.312 e. The van der Waals surface area contributed by atoms with Crippen molar-refractivity contribution in [2.45, 2.75) is 57.5 Å². The summed E-state index contributed by atoms with van der Waals surface area (Å²) in [5.74, 6) is 0.898. The van der Waals surface area contributed by atoms with Crippen LogP contribution >= 0.6 is 0 Å². The van der Waals surface area contributed by atoms with E-state index >= 15 is 0 Å². The second-order valence-electron chi connectivity index (χ2n) is 6.30. The number of nitrogens with zero attached hydrogens (tertiary/aromatic N) is 1. The highest BCUT2D eigenvalue weighted by molar-refractivity contribution is 5.86. The minimum atomic E-state index is -0.622. The molecule has 6 nitrogen and oxygen atoms in total. The number of primary amides is 1. The summed E-state index contributed by atoms with van der Waals surface area (Å²) >= 11 is 0. The lowest BCUT2D eigenvalue weighted by atomic mass is 10.0. The zero-order valence-corrected chi connectivity index (χ0v) is 12.9. The summed E-state index contributed by atoms with van der Waals surface area (Å²) in [6.07, 6.45) is 6.20. The quantitative estimate of drug-likeness (QED) is 0.650. The molecule has 21 heavy (non-hydrogen) atoms. The van der Waals surface area contributed by atoms with Gasteiger partial charge in [-0.25, -0.2) is 4.79 Å². The SMILES string of the molecule is CCC[C@@H](NC(N)=O)C(=O)N1CCC(NCC2CC2)CC1. The Hall–Kier alpha value is -1.30. The normalized spacial score (nSPS) is 21.1. The topological polar surface area (TPSA) is 87.5 Å². The molecule has 1 saturated heterocycles. The Labute approximate surface area is 126 Å². The van der Waals surface area contributed by atoms with E-state index in [1.54, 1.807) is 0 Å². The van der Waals surface area contributed by atoms with Gasteiger partial charge in [0.15, 0.2) is 0 Å². The average Bonchev–Trinajstić information content (AvgIpc) is 3.28. The molecular weight excluding hydrogens is 268 g/mol. The molecule has 2 fully saturated rings. The predicted octanol–water partition coefficient (Wildman–Crippen LogP) is 0.814. The molecule has 1 aliphatic heterocycles. The number of rotatable bonds is 7. The van der Waals surface area contributed by atoms with Crippen molar-refractivity contribution in [3.05, 3.63) is 0 Å². The van der Waals surface area contributed by atoms with E-state index in [1.165, 1.54) is 12.8 Å². The van der Waals surface area contributed by atoms with Gasteiger partial charge in [-0.3, -0.25) is 4.79 Å². The Bertz CT molecular complexity index is 363. The first-order valence-corrected chi connectivity index (χ1v) is 8.18. The summed E-state index contributed by atoms with van der Waals surface area (Å²) < 4.78 is 0. The van der Waals surface area contributed by atoms with E-state index in [-0.39, 0.29) is 5.91 Å². The third-order valence-corrected chi connectivity index (χ3v) is 4.39. The van der Waals surface area contributed by atoms with Gasteiger partial charge in [0.25, 0.3) is 0 Å². The van der Waals surface area contributed by atoms with Crippen LogP contribution in [0.2, 0.25) is 0 Å². The third-order valence-electron chi connectivity index (χ3n) is 4.39. The predicted molar refractivity (Wildman–Crippen MR) is 81.7 cm³/mol. The molecule has 3 amide bonds. The monoisotopic (exact) mass is 296 g/mol. The Morgan fingerprint density at radius 1 is 1.24 bits per heavy atom. The number of urea groups is 1. The Morgan fingerprint density at radius 3 is 2.43 bits per heavy atom. The molecule has 2 rings (SSSR count). The number of nitrogens with one attached hydrogen (secondary N) is 2. The van der Waals surface area contributed by atoms with E-state index in [1.807, 2.05) is 11.8 Å². The highest BCUT2D eigenvalue weighted by atomic mass is 16.2. The van der Waals surface area contributed by atoms with E-state index < -0.39 is 12.1 Å². The van der Waals surface area contributed by atoms with Crippen molar-refractivity contribution in [1.29, 1.82) is 0 Å². The van der Waals surface area contributed by atoms with Gasteiger partial charge >= 0.3 is 6.03 Å². The molecule has 0 aromatic carbocycles. The molecule has 0 aromatic heterocycles. The number of carbonyl (C=O) groups is 2. The van der Waals surface area contributed by atoms with Crippen LogP contribution in [-0.4, -0.2) is 48.6 Å². The molecule has 0 bridgehead atoms. The molecule has 6 heteroatoms. The summed E-state index contributed by atoms with van der Waals surface area (Å²) in [4.78, 5) is 25.3. The molecule has 0 aromatic rings. The maximum atomic E-state index is 12.4. The zero-order chi connectivity index (χ0) is 15.2. The largest absolute Gasteiger partial charge is 0.352 e. The number of nitrogens with two attached hydrogens (primary N) is 1. The first kappa shape index (κ1) is 16.1. The molecule has 1 atom stereocenters. The number of carbonyl (C=O) groups excluding carboxylic acids is 2. The van der Waals surface area contributed by atoms with Crippen LogP contribution in [-0.2, 0) is 4.79 Å². The zero-order valence-electron chi connectivity index (χ0n) is 12.9. The van der Waals surface area contributed by atoms with Gasteiger partial charge in [0.05, 0.1) is 0 Å². The molecule has 120 valence electrons. The molecule has 0 spiro atoms. The van der Waals surface area contributed by atoms with Gasteiger partial charge in [0.2, 0.25) is 5.91 Å². The molecule has 1 aliphatic carbocycles. The highest BCUT2D eigenvalue weighted by Gasteiger charge is 2.29. The number of amides is 3. The van der Waals surface area contributed by atoms with Crippen molar-refractivity contribution < 1.29 is 9.59 Å². The van der Waals surface area contributed by atoms with Gasteiger partial charge in [-0.2, -0.15) is 0 Å². The second-order valence-corrected chi connectivity index (χ2v) is 6.30. The number of likely N-dealkylation sites (tertiary alicyclic amines) is 1. The van der Waals surface area contributed by atoms with E-state index in [2.05, 4.69) is 10.6 Å². The summed E-state index contributed by atoms with van der Waals surface area (Å²) in [5, 5.41) is 6.17. The average molecular weight is 296 g/mol. The van der Waals surface area contributed by atoms with E-state index in [4.69, 9.17) is 5.73 Å². The molecular formula is C15H28N4O2. The molecule has 4 N–H and O–H groups in total. The summed E-state index contributed by atoms with van der Waals surface area (Å²) in [6, 6.07) is -0.561. The van der Waals surface area contributed by atoms with Crippen LogP contribution in [0.25, 0.3) is 0 Å². The standard InChI is InChI=1S/C15H28N4O2/c1-2-3-13(18-15(16)21)14(20)19-8-6-12(7-9-19)17-10-11-4-5-11/h11-13,17H,2-10H2,1H3,(H3,16,18,21)/t13-/m1/s1. The minimum absolute atomic E-state index is 0.0105. The summed E-state index contributed by atoms with van der Waals surface area (Å²) in [7, 11) is 0. The highest BCUT2D eigenvalue weighted by Crippen LogP contribution is 2.28. The first-order valence-electron chi connectivity index (χ1n) is 8.18. The maximum absolute atomic E-state index is 12.4. The number of hydrogen-bond donors (Lipinski definition) is 3. The van der Waals surface area contributed by atoms with Crippen molar-refractivity contribution in [2.24, 2.45) is 11.7 Å². The Kier molecular flexibility index (Phi) is 5.85. The van der Waals surface area contributed by atoms with Crippen LogP contribution in [0, 0.1) is 5.92 Å². The van der Waals surface area contributed by atoms with Crippen LogP contribution in [0.4, 0.5) is 4.79 Å². The van der Waals surface area contributed by atoms with Crippen LogP contribution in [0.15, 0.2) is 0 Å². The number of hydrogen-bond acceptors (Lipinski definition) is 3. The fraction of sp³-hybridized carbons (Fsp3) is 0.867. The lowest BCUT2D eigenvalue weighted by Gasteiger charge is -2.34. The minimum Gasteiger partial charge on any atom is -0.352 e. The molecule has 0 unspecified atom stereocenters. The van der Waals surface area contributed by atoms with Crippen molar-refractivity contribution >= 4 is 11.9 Å². The fourth-order valence-electron chi connectivity index (χ4n) is 2.90. The Balaban J connectivity index is 1.75. The fourth-order valence-corrected chi connectivity index (χ4v) is 2.90. The van der Waals surface area contributed by atoms with E-state index in [0.29, 0.717) is 12.5 Å². The Morgan fingerprint density at radius 2 is 1.90 bits per heavy atom. The van der Waals surface area contributed by atoms with Gasteiger partial charge in [-0.05, 0) is 44.6 Å². The molecule has 0 radical (unpaired) electrons. The van der Waals surface area contributed by atoms with Gasteiger partial charge in [0.1, 0.15) is 6.04 Å². The van der Waals surface area contributed by atoms with Gasteiger partial charge in [0, 0.05) is 19.1 Å². The molecule has 2 aliphatic rings. The van der Waals surface area contributed by atoms with Crippen molar-refractivity contribution in [3.8, 4) is 0 Å². The van der Waals surface area contributed by atoms with E-state index in [0.717, 1.165) is 44.8 Å². The van der Waals surface area contributed by atoms with Crippen LogP contribution in [0.5, 0.6) is 0 Å². The lowest BCUT2D eigenvalue weighted by molar-refractivity contribution is -0.134. The smallest absolute Gasteiger partial charge is 0.312 e. The summed E-state index contributed by atoms with van der Waals surface area (Å²) in [5.41, 5.74) is 5.16.